The Bertz CT molecular complexity index is 1100. The van der Waals surface area contributed by atoms with Crippen LogP contribution in [-0.2, 0) is 9.53 Å². The van der Waals surface area contributed by atoms with Crippen molar-refractivity contribution >= 4 is 42.6 Å². The zero-order valence-electron chi connectivity index (χ0n) is 20.1. The molecule has 0 unspecified atom stereocenters. The summed E-state index contributed by atoms with van der Waals surface area (Å²) < 4.78 is 5.47. The first-order valence-corrected chi connectivity index (χ1v) is 11.0. The molecule has 3 aromatic rings. The predicted octanol–water partition coefficient (Wildman–Crippen LogP) is 2.61. The van der Waals surface area contributed by atoms with Gasteiger partial charge in [0.2, 0.25) is 5.95 Å². The van der Waals surface area contributed by atoms with Crippen molar-refractivity contribution in [1.82, 2.24) is 15.0 Å². The Kier molecular flexibility index (Phi) is 11.5. The first-order chi connectivity index (χ1) is 17.2. The molecule has 10 heteroatoms. The van der Waals surface area contributed by atoms with Gasteiger partial charge >= 0.3 is 0 Å². The number of morpholine rings is 1. The molecule has 184 valence electrons. The number of carbonyl (C=O) groups excluding carboxylic acids is 1. The number of anilines is 3. The summed E-state index contributed by atoms with van der Waals surface area (Å²) in [5.74, 6) is 1.06. The van der Waals surface area contributed by atoms with E-state index in [1.807, 2.05) is 56.2 Å². The molecule has 0 bridgehead atoms. The SMILES string of the molecule is C=O.CN.Cc1cccc(/C=N/Nc2nc(/C=C/c3ccncc3)c(N)c(N3CCOCC3)n2)c1. The van der Waals surface area contributed by atoms with Gasteiger partial charge in [-0.25, -0.2) is 10.4 Å². The van der Waals surface area contributed by atoms with Crippen molar-refractivity contribution in [3.63, 3.8) is 0 Å². The zero-order chi connectivity index (χ0) is 25.5. The Labute approximate surface area is 205 Å². The summed E-state index contributed by atoms with van der Waals surface area (Å²) in [4.78, 5) is 23.3. The van der Waals surface area contributed by atoms with Gasteiger partial charge in [-0.2, -0.15) is 10.1 Å². The van der Waals surface area contributed by atoms with Gasteiger partial charge in [-0.05, 0) is 43.3 Å². The van der Waals surface area contributed by atoms with Crippen LogP contribution in [0.2, 0.25) is 0 Å². The fourth-order valence-electron chi connectivity index (χ4n) is 3.23. The molecule has 0 atom stereocenters. The smallest absolute Gasteiger partial charge is 0.246 e. The summed E-state index contributed by atoms with van der Waals surface area (Å²) >= 11 is 0. The van der Waals surface area contributed by atoms with E-state index in [4.69, 9.17) is 15.3 Å². The maximum atomic E-state index is 8.00. The van der Waals surface area contributed by atoms with Crippen molar-refractivity contribution in [2.24, 2.45) is 10.8 Å². The number of ether oxygens (including phenoxy) is 1. The van der Waals surface area contributed by atoms with E-state index in [1.165, 1.54) is 12.6 Å². The van der Waals surface area contributed by atoms with Crippen LogP contribution >= 0.6 is 0 Å². The van der Waals surface area contributed by atoms with Gasteiger partial charge in [-0.1, -0.05) is 35.9 Å². The minimum atomic E-state index is 0.383. The Morgan fingerprint density at radius 1 is 1.06 bits per heavy atom. The van der Waals surface area contributed by atoms with Crippen LogP contribution in [-0.4, -0.2) is 61.3 Å². The number of hydrazone groups is 1. The van der Waals surface area contributed by atoms with Crippen molar-refractivity contribution in [2.75, 3.05) is 49.4 Å². The standard InChI is InChI=1S/C23H25N7O.CH5N.CH2O/c1-17-3-2-4-19(15-17)16-26-29-23-27-20(6-5-18-7-9-25-10-8-18)21(24)22(28-23)30-11-13-31-14-12-30;2*1-2/h2-10,15-16H,11-14,24H2,1H3,(H,27,28,29);2H2,1H3;1H2/b6-5+,26-16+;;. The maximum Gasteiger partial charge on any atom is 0.246 e. The van der Waals surface area contributed by atoms with Gasteiger partial charge in [0.15, 0.2) is 5.82 Å². The van der Waals surface area contributed by atoms with E-state index in [-0.39, 0.29) is 0 Å². The number of hydrogen-bond acceptors (Lipinski definition) is 10. The molecule has 10 nitrogen and oxygen atoms in total. The third-order valence-electron chi connectivity index (χ3n) is 4.83. The van der Waals surface area contributed by atoms with E-state index in [0.29, 0.717) is 36.4 Å². The third-order valence-corrected chi connectivity index (χ3v) is 4.83. The van der Waals surface area contributed by atoms with Gasteiger partial charge in [0.05, 0.1) is 25.1 Å². The molecule has 3 heterocycles. The van der Waals surface area contributed by atoms with Crippen molar-refractivity contribution in [2.45, 2.75) is 6.92 Å². The number of nitrogens with zero attached hydrogens (tertiary/aromatic N) is 5. The second-order valence-electron chi connectivity index (χ2n) is 7.17. The van der Waals surface area contributed by atoms with Gasteiger partial charge in [0, 0.05) is 25.5 Å². The lowest BCUT2D eigenvalue weighted by molar-refractivity contribution is -0.0979. The molecule has 4 rings (SSSR count). The molecule has 1 aliphatic rings. The van der Waals surface area contributed by atoms with E-state index in [1.54, 1.807) is 18.6 Å². The lowest BCUT2D eigenvalue weighted by atomic mass is 10.2. The predicted molar refractivity (Wildman–Crippen MR) is 142 cm³/mol. The molecule has 1 saturated heterocycles. The van der Waals surface area contributed by atoms with Crippen LogP contribution in [0.1, 0.15) is 22.4 Å². The monoisotopic (exact) mass is 476 g/mol. The van der Waals surface area contributed by atoms with E-state index >= 15 is 0 Å². The number of aromatic nitrogens is 3. The minimum absolute atomic E-state index is 0.383. The number of pyridine rings is 1. The maximum absolute atomic E-state index is 8.00. The molecule has 1 fully saturated rings. The van der Waals surface area contributed by atoms with Crippen molar-refractivity contribution in [3.05, 3.63) is 71.2 Å². The van der Waals surface area contributed by atoms with E-state index in [2.05, 4.69) is 42.2 Å². The zero-order valence-corrected chi connectivity index (χ0v) is 20.1. The highest BCUT2D eigenvalue weighted by Gasteiger charge is 2.19. The van der Waals surface area contributed by atoms with Crippen LogP contribution in [0.15, 0.2) is 53.9 Å². The fourth-order valence-corrected chi connectivity index (χ4v) is 3.23. The van der Waals surface area contributed by atoms with Crippen LogP contribution in [0.3, 0.4) is 0 Å². The van der Waals surface area contributed by atoms with Crippen molar-refractivity contribution < 1.29 is 9.53 Å². The molecular formula is C25H32N8O2. The molecule has 0 spiro atoms. The summed E-state index contributed by atoms with van der Waals surface area (Å²) in [6.07, 6.45) is 9.06. The number of carbonyl (C=O) groups is 1. The summed E-state index contributed by atoms with van der Waals surface area (Å²) in [6.45, 7) is 6.77. The summed E-state index contributed by atoms with van der Waals surface area (Å²) in [6, 6.07) is 11.9. The number of hydrogen-bond donors (Lipinski definition) is 3. The number of benzene rings is 1. The lowest BCUT2D eigenvalue weighted by Crippen LogP contribution is -2.37. The van der Waals surface area contributed by atoms with Crippen LogP contribution in [0.5, 0.6) is 0 Å². The Balaban J connectivity index is 0.00000103. The molecule has 1 aromatic carbocycles. The number of aryl methyl sites for hydroxylation is 1. The molecule has 0 saturated carbocycles. The summed E-state index contributed by atoms with van der Waals surface area (Å²) in [7, 11) is 1.50. The number of nitrogens with two attached hydrogens (primary N) is 2. The highest BCUT2D eigenvalue weighted by molar-refractivity contribution is 5.81. The minimum Gasteiger partial charge on any atom is -0.394 e. The molecule has 2 aromatic heterocycles. The first-order valence-electron chi connectivity index (χ1n) is 11.0. The molecule has 0 amide bonds. The summed E-state index contributed by atoms with van der Waals surface area (Å²) in [5, 5.41) is 4.31. The second-order valence-corrected chi connectivity index (χ2v) is 7.17. The molecule has 5 N–H and O–H groups in total. The van der Waals surface area contributed by atoms with Gasteiger partial charge in [-0.15, -0.1) is 0 Å². The van der Waals surface area contributed by atoms with E-state index in [9.17, 15) is 0 Å². The molecule has 0 aliphatic carbocycles. The van der Waals surface area contributed by atoms with E-state index < -0.39 is 0 Å². The normalized spacial score (nSPS) is 13.1. The summed E-state index contributed by atoms with van der Waals surface area (Å²) in [5.41, 5.74) is 18.2. The number of nitrogens with one attached hydrogen (secondary N) is 1. The van der Waals surface area contributed by atoms with Crippen LogP contribution in [0, 0.1) is 6.92 Å². The molecule has 1 aliphatic heterocycles. The Hall–Kier alpha value is -4.15. The highest BCUT2D eigenvalue weighted by atomic mass is 16.5. The first kappa shape index (κ1) is 27.1. The fraction of sp³-hybridized carbons (Fsp3) is 0.240. The van der Waals surface area contributed by atoms with Crippen molar-refractivity contribution in [1.29, 1.82) is 0 Å². The number of rotatable bonds is 6. The Morgan fingerprint density at radius 3 is 2.46 bits per heavy atom. The quantitative estimate of drug-likeness (QED) is 0.361. The van der Waals surface area contributed by atoms with Gasteiger partial charge < -0.3 is 25.9 Å². The average Bonchev–Trinajstić information content (AvgIpc) is 2.92. The van der Waals surface area contributed by atoms with Gasteiger partial charge in [0.25, 0.3) is 0 Å². The lowest BCUT2D eigenvalue weighted by Gasteiger charge is -2.29. The average molecular weight is 477 g/mol. The molecule has 0 radical (unpaired) electrons. The topological polar surface area (TPSA) is 145 Å². The van der Waals surface area contributed by atoms with Crippen molar-refractivity contribution in [3.8, 4) is 0 Å². The second kappa shape index (κ2) is 14.9. The van der Waals surface area contributed by atoms with Crippen LogP contribution in [0.25, 0.3) is 12.2 Å². The highest BCUT2D eigenvalue weighted by Crippen LogP contribution is 2.27. The third kappa shape index (κ3) is 8.29. The van der Waals surface area contributed by atoms with Gasteiger partial charge in [-0.3, -0.25) is 4.98 Å². The largest absolute Gasteiger partial charge is 0.394 e. The van der Waals surface area contributed by atoms with E-state index in [0.717, 1.165) is 24.2 Å². The van der Waals surface area contributed by atoms with Gasteiger partial charge in [0.1, 0.15) is 12.5 Å². The number of nitrogen functional groups attached to an aromatic ring is 1. The van der Waals surface area contributed by atoms with Crippen LogP contribution < -0.4 is 21.8 Å². The molecular weight excluding hydrogens is 444 g/mol. The Morgan fingerprint density at radius 2 is 1.77 bits per heavy atom. The molecule has 35 heavy (non-hydrogen) atoms. The van der Waals surface area contributed by atoms with Crippen LogP contribution in [0.4, 0.5) is 17.5 Å².